The van der Waals surface area contributed by atoms with Crippen LogP contribution in [0.5, 0.6) is 0 Å². The average Bonchev–Trinajstić information content (AvgIpc) is 2.14. The van der Waals surface area contributed by atoms with Crippen LogP contribution in [-0.2, 0) is 6.18 Å². The lowest BCUT2D eigenvalue weighted by Gasteiger charge is -2.07. The van der Waals surface area contributed by atoms with Crippen LogP contribution >= 0.6 is 11.8 Å². The van der Waals surface area contributed by atoms with Gasteiger partial charge >= 0.3 is 6.18 Å². The van der Waals surface area contributed by atoms with Crippen molar-refractivity contribution < 1.29 is 17.6 Å². The Morgan fingerprint density at radius 1 is 1.20 bits per heavy atom. The van der Waals surface area contributed by atoms with Gasteiger partial charge in [-0.2, -0.15) is 13.2 Å². The van der Waals surface area contributed by atoms with Gasteiger partial charge in [0.25, 0.3) is 0 Å². The highest BCUT2D eigenvalue weighted by atomic mass is 32.2. The van der Waals surface area contributed by atoms with Crippen LogP contribution in [0.2, 0.25) is 0 Å². The van der Waals surface area contributed by atoms with Crippen LogP contribution in [0.1, 0.15) is 12.5 Å². The summed E-state index contributed by atoms with van der Waals surface area (Å²) in [5, 5.41) is 0. The molecule has 0 saturated carbocycles. The van der Waals surface area contributed by atoms with E-state index in [-0.39, 0.29) is 5.75 Å². The first-order valence-electron chi connectivity index (χ1n) is 4.33. The first-order chi connectivity index (χ1) is 6.89. The van der Waals surface area contributed by atoms with E-state index >= 15 is 0 Å². The van der Waals surface area contributed by atoms with E-state index in [0.717, 1.165) is 12.1 Å². The van der Waals surface area contributed by atoms with Gasteiger partial charge in [-0.05, 0) is 31.2 Å². The predicted molar refractivity (Wildman–Crippen MR) is 52.7 cm³/mol. The monoisotopic (exact) mass is 238 g/mol. The topological polar surface area (TPSA) is 0 Å². The number of benzene rings is 1. The summed E-state index contributed by atoms with van der Waals surface area (Å²) in [6, 6.07) is 4.72. The van der Waals surface area contributed by atoms with Crippen molar-refractivity contribution in [1.29, 1.82) is 0 Å². The second-order valence-corrected chi connectivity index (χ2v) is 4.21. The Bertz CT molecular complexity index is 302. The Morgan fingerprint density at radius 2 is 1.73 bits per heavy atom. The Hall–Kier alpha value is -0.710. The molecule has 0 nitrogen and oxygen atoms in total. The molecule has 0 aliphatic rings. The zero-order valence-electron chi connectivity index (χ0n) is 8.01. The lowest BCUT2D eigenvalue weighted by atomic mass is 10.2. The lowest BCUT2D eigenvalue weighted by Crippen LogP contribution is -2.04. The molecule has 0 saturated heterocycles. The van der Waals surface area contributed by atoms with E-state index < -0.39 is 17.9 Å². The van der Waals surface area contributed by atoms with Gasteiger partial charge < -0.3 is 0 Å². The number of halogens is 4. The Balaban J connectivity index is 2.65. The molecule has 0 radical (unpaired) electrons. The van der Waals surface area contributed by atoms with Gasteiger partial charge in [-0.25, -0.2) is 4.39 Å². The third-order valence-corrected chi connectivity index (χ3v) is 2.89. The number of rotatable bonds is 3. The van der Waals surface area contributed by atoms with Gasteiger partial charge in [0.05, 0.1) is 5.56 Å². The smallest absolute Gasteiger partial charge is 0.247 e. The standard InChI is InChI=1S/C10H10F4S/c1-7(11)6-15-9-4-2-8(3-5-9)10(12,13)14/h2-5,7H,6H2,1H3. The molecule has 0 spiro atoms. The maximum absolute atomic E-state index is 12.5. The van der Waals surface area contributed by atoms with Gasteiger partial charge in [0.15, 0.2) is 0 Å². The van der Waals surface area contributed by atoms with Crippen molar-refractivity contribution in [1.82, 2.24) is 0 Å². The maximum Gasteiger partial charge on any atom is 0.416 e. The highest BCUT2D eigenvalue weighted by Crippen LogP contribution is 2.30. The molecule has 15 heavy (non-hydrogen) atoms. The molecule has 1 atom stereocenters. The molecule has 0 amide bonds. The molecule has 1 aromatic carbocycles. The minimum absolute atomic E-state index is 0.255. The molecule has 0 aliphatic heterocycles. The molecule has 0 heterocycles. The van der Waals surface area contributed by atoms with Crippen LogP contribution in [0.15, 0.2) is 29.2 Å². The summed E-state index contributed by atoms with van der Waals surface area (Å²) in [5.41, 5.74) is -0.680. The highest BCUT2D eigenvalue weighted by molar-refractivity contribution is 7.99. The maximum atomic E-state index is 12.5. The molecule has 84 valence electrons. The summed E-state index contributed by atoms with van der Waals surface area (Å²) in [7, 11) is 0. The van der Waals surface area contributed by atoms with Crippen molar-refractivity contribution in [3.05, 3.63) is 29.8 Å². The molecule has 0 N–H and O–H groups in total. The lowest BCUT2D eigenvalue weighted by molar-refractivity contribution is -0.137. The number of hydrogen-bond acceptors (Lipinski definition) is 1. The van der Waals surface area contributed by atoms with Crippen LogP contribution in [0.25, 0.3) is 0 Å². The van der Waals surface area contributed by atoms with Gasteiger partial charge in [0, 0.05) is 10.6 Å². The summed E-state index contributed by atoms with van der Waals surface area (Å²) in [6.07, 6.45) is -5.27. The largest absolute Gasteiger partial charge is 0.416 e. The fraction of sp³-hybridized carbons (Fsp3) is 0.400. The second-order valence-electron chi connectivity index (χ2n) is 3.11. The van der Waals surface area contributed by atoms with E-state index in [1.807, 2.05) is 0 Å². The molecular formula is C10H10F4S. The average molecular weight is 238 g/mol. The zero-order chi connectivity index (χ0) is 11.5. The van der Waals surface area contributed by atoms with Gasteiger partial charge in [-0.3, -0.25) is 0 Å². The highest BCUT2D eigenvalue weighted by Gasteiger charge is 2.29. The van der Waals surface area contributed by atoms with Crippen molar-refractivity contribution in [2.45, 2.75) is 24.2 Å². The molecule has 1 unspecified atom stereocenters. The third-order valence-electron chi connectivity index (χ3n) is 1.66. The molecule has 0 aliphatic carbocycles. The van der Waals surface area contributed by atoms with E-state index in [9.17, 15) is 17.6 Å². The predicted octanol–water partition coefficient (Wildman–Crippen LogP) is 4.16. The van der Waals surface area contributed by atoms with Crippen LogP contribution in [0.4, 0.5) is 17.6 Å². The number of thioether (sulfide) groups is 1. The van der Waals surface area contributed by atoms with Crippen LogP contribution in [0.3, 0.4) is 0 Å². The van der Waals surface area contributed by atoms with Crippen molar-refractivity contribution in [2.24, 2.45) is 0 Å². The van der Waals surface area contributed by atoms with Crippen molar-refractivity contribution >= 4 is 11.8 Å². The quantitative estimate of drug-likeness (QED) is 0.563. The van der Waals surface area contributed by atoms with Crippen LogP contribution in [0, 0.1) is 0 Å². The molecule has 1 rings (SSSR count). The van der Waals surface area contributed by atoms with Crippen molar-refractivity contribution in [3.63, 3.8) is 0 Å². The van der Waals surface area contributed by atoms with Crippen molar-refractivity contribution in [3.8, 4) is 0 Å². The summed E-state index contributed by atoms with van der Waals surface area (Å²) < 4.78 is 49.0. The fourth-order valence-electron chi connectivity index (χ4n) is 0.951. The molecule has 1 aromatic rings. The SMILES string of the molecule is CC(F)CSc1ccc(C(F)(F)F)cc1. The van der Waals surface area contributed by atoms with E-state index in [0.29, 0.717) is 4.90 Å². The minimum Gasteiger partial charge on any atom is -0.247 e. The summed E-state index contributed by atoms with van der Waals surface area (Å²) >= 11 is 1.21. The van der Waals surface area contributed by atoms with Gasteiger partial charge in [0.2, 0.25) is 0 Å². The van der Waals surface area contributed by atoms with Crippen molar-refractivity contribution in [2.75, 3.05) is 5.75 Å². The third kappa shape index (κ3) is 4.11. The number of hydrogen-bond donors (Lipinski definition) is 0. The molecule has 0 fully saturated rings. The first kappa shape index (κ1) is 12.4. The summed E-state index contributed by atoms with van der Waals surface area (Å²) in [4.78, 5) is 0.646. The van der Waals surface area contributed by atoms with Gasteiger partial charge in [-0.15, -0.1) is 11.8 Å². The Morgan fingerprint density at radius 3 is 2.13 bits per heavy atom. The number of alkyl halides is 4. The fourth-order valence-corrected chi connectivity index (χ4v) is 1.70. The molecule has 0 aromatic heterocycles. The Labute approximate surface area is 89.7 Å². The van der Waals surface area contributed by atoms with E-state index in [1.54, 1.807) is 0 Å². The molecular weight excluding hydrogens is 228 g/mol. The van der Waals surface area contributed by atoms with Crippen LogP contribution in [-0.4, -0.2) is 11.9 Å². The first-order valence-corrected chi connectivity index (χ1v) is 5.32. The normalized spacial score (nSPS) is 13.9. The van der Waals surface area contributed by atoms with Crippen LogP contribution < -0.4 is 0 Å². The minimum atomic E-state index is -4.31. The molecule has 0 bridgehead atoms. The van der Waals surface area contributed by atoms with E-state index in [2.05, 4.69) is 0 Å². The molecule has 5 heteroatoms. The van der Waals surface area contributed by atoms with E-state index in [4.69, 9.17) is 0 Å². The second kappa shape index (κ2) is 4.88. The van der Waals surface area contributed by atoms with Gasteiger partial charge in [-0.1, -0.05) is 0 Å². The Kier molecular flexibility index (Phi) is 4.02. The van der Waals surface area contributed by atoms with Gasteiger partial charge in [0.1, 0.15) is 6.17 Å². The van der Waals surface area contributed by atoms with E-state index in [1.165, 1.54) is 30.8 Å². The summed E-state index contributed by atoms with van der Waals surface area (Å²) in [6.45, 7) is 1.41. The zero-order valence-corrected chi connectivity index (χ0v) is 8.83. The summed E-state index contributed by atoms with van der Waals surface area (Å²) in [5.74, 6) is 0.255.